The van der Waals surface area contributed by atoms with E-state index in [1.165, 1.54) is 0 Å². The van der Waals surface area contributed by atoms with E-state index in [9.17, 15) is 9.59 Å². The minimum absolute atomic E-state index is 0.293. The third-order valence-electron chi connectivity index (χ3n) is 2.42. The predicted octanol–water partition coefficient (Wildman–Crippen LogP) is 1.71. The summed E-state index contributed by atoms with van der Waals surface area (Å²) in [5.74, 6) is 0.0639. The topological polar surface area (TPSA) is 82.9 Å². The molecule has 0 spiro atoms. The zero-order valence-electron chi connectivity index (χ0n) is 12.3. The first-order valence-electron chi connectivity index (χ1n) is 6.30. The third kappa shape index (κ3) is 6.52. The van der Waals surface area contributed by atoms with Crippen LogP contribution >= 0.6 is 23.2 Å². The van der Waals surface area contributed by atoms with Crippen molar-refractivity contribution in [3.05, 3.63) is 0 Å². The lowest BCUT2D eigenvalue weighted by molar-refractivity contribution is -0.127. The van der Waals surface area contributed by atoms with Crippen LogP contribution in [0.4, 0.5) is 0 Å². The zero-order chi connectivity index (χ0) is 15.8. The van der Waals surface area contributed by atoms with Gasteiger partial charge < -0.3 is 10.6 Å². The van der Waals surface area contributed by atoms with E-state index in [1.807, 2.05) is 0 Å². The molecule has 0 aromatic rings. The van der Waals surface area contributed by atoms with Gasteiger partial charge in [-0.05, 0) is 27.7 Å². The summed E-state index contributed by atoms with van der Waals surface area (Å²) in [6, 6.07) is 0. The normalized spacial score (nSPS) is 12.5. The molecule has 20 heavy (non-hydrogen) atoms. The monoisotopic (exact) mass is 324 g/mol. The molecule has 6 nitrogen and oxygen atoms in total. The van der Waals surface area contributed by atoms with Crippen LogP contribution in [-0.2, 0) is 9.59 Å². The molecule has 2 amide bonds. The molecule has 0 rings (SSSR count). The number of hydrogen-bond acceptors (Lipinski definition) is 4. The molecule has 0 fully saturated rings. The number of nitrogens with zero attached hydrogens (tertiary/aromatic N) is 2. The second-order valence-electron chi connectivity index (χ2n) is 5.21. The van der Waals surface area contributed by atoms with Crippen LogP contribution in [-0.4, -0.2) is 47.7 Å². The van der Waals surface area contributed by atoms with Crippen molar-refractivity contribution in [2.45, 2.75) is 38.8 Å². The molecule has 0 saturated heterocycles. The minimum Gasteiger partial charge on any atom is -0.353 e. The van der Waals surface area contributed by atoms with E-state index >= 15 is 0 Å². The number of azo groups is 1. The average molecular weight is 325 g/mol. The molecule has 0 aromatic carbocycles. The van der Waals surface area contributed by atoms with Crippen molar-refractivity contribution in [2.24, 2.45) is 10.2 Å². The number of rotatable bonds is 8. The highest BCUT2D eigenvalue weighted by Crippen LogP contribution is 2.16. The third-order valence-corrected chi connectivity index (χ3v) is 2.80. The summed E-state index contributed by atoms with van der Waals surface area (Å²) in [6.07, 6.45) is 0. The smallest absolute Gasteiger partial charge is 0.249 e. The van der Waals surface area contributed by atoms with Gasteiger partial charge in [0.05, 0.1) is 0 Å². The molecule has 0 unspecified atom stereocenters. The Morgan fingerprint density at radius 3 is 1.40 bits per heavy atom. The van der Waals surface area contributed by atoms with E-state index in [0.717, 1.165) is 0 Å². The zero-order valence-corrected chi connectivity index (χ0v) is 13.8. The summed E-state index contributed by atoms with van der Waals surface area (Å²) < 4.78 is 0. The van der Waals surface area contributed by atoms with Gasteiger partial charge in [0.1, 0.15) is 0 Å². The predicted molar refractivity (Wildman–Crippen MR) is 80.5 cm³/mol. The summed E-state index contributed by atoms with van der Waals surface area (Å²) in [4.78, 5) is 23.7. The highest BCUT2D eigenvalue weighted by Gasteiger charge is 2.31. The van der Waals surface area contributed by atoms with Crippen LogP contribution in [0, 0.1) is 0 Å². The molecule has 0 bridgehead atoms. The Labute approximate surface area is 129 Å². The van der Waals surface area contributed by atoms with Gasteiger partial charge in [0.2, 0.25) is 11.8 Å². The average Bonchev–Trinajstić information content (AvgIpc) is 2.39. The molecule has 116 valence electrons. The van der Waals surface area contributed by atoms with E-state index in [-0.39, 0.29) is 11.8 Å². The van der Waals surface area contributed by atoms with Gasteiger partial charge in [-0.15, -0.1) is 23.2 Å². The molecule has 8 heteroatoms. The number of halogens is 2. The minimum atomic E-state index is -1.06. The number of alkyl halides is 2. The van der Waals surface area contributed by atoms with Crippen molar-refractivity contribution in [3.8, 4) is 0 Å². The van der Waals surface area contributed by atoms with Gasteiger partial charge in [0.25, 0.3) is 0 Å². The molecular weight excluding hydrogens is 303 g/mol. The number of carbonyl (C=O) groups excluding carboxylic acids is 2. The van der Waals surface area contributed by atoms with Crippen LogP contribution in [0.3, 0.4) is 0 Å². The summed E-state index contributed by atoms with van der Waals surface area (Å²) in [6.45, 7) is 7.19. The van der Waals surface area contributed by atoms with E-state index in [1.54, 1.807) is 27.7 Å². The fourth-order valence-corrected chi connectivity index (χ4v) is 1.28. The highest BCUT2D eigenvalue weighted by molar-refractivity contribution is 6.18. The molecule has 0 heterocycles. The molecule has 2 N–H and O–H groups in total. The van der Waals surface area contributed by atoms with Gasteiger partial charge in [-0.3, -0.25) is 9.59 Å². The van der Waals surface area contributed by atoms with Crippen molar-refractivity contribution < 1.29 is 9.59 Å². The van der Waals surface area contributed by atoms with E-state index < -0.39 is 11.1 Å². The second kappa shape index (κ2) is 8.42. The fraction of sp³-hybridized carbons (Fsp3) is 0.833. The van der Waals surface area contributed by atoms with Gasteiger partial charge in [0.15, 0.2) is 11.1 Å². The maximum absolute atomic E-state index is 11.8. The van der Waals surface area contributed by atoms with Crippen molar-refractivity contribution in [1.82, 2.24) is 10.6 Å². The SMILES string of the molecule is CC(C)(/N=N/C(C)(C)C(=O)NCCCl)C(=O)NCCCl. The Kier molecular flexibility index (Phi) is 8.05. The van der Waals surface area contributed by atoms with Crippen LogP contribution in [0.2, 0.25) is 0 Å². The second-order valence-corrected chi connectivity index (χ2v) is 5.96. The lowest BCUT2D eigenvalue weighted by Gasteiger charge is -2.21. The van der Waals surface area contributed by atoms with Gasteiger partial charge in [-0.25, -0.2) is 0 Å². The lowest BCUT2D eigenvalue weighted by atomic mass is 10.0. The van der Waals surface area contributed by atoms with Crippen molar-refractivity contribution in [3.63, 3.8) is 0 Å². The van der Waals surface area contributed by atoms with Gasteiger partial charge in [-0.2, -0.15) is 10.2 Å². The molecule has 0 aliphatic heterocycles. The fourth-order valence-electron chi connectivity index (χ4n) is 1.09. The molecular formula is C12H22Cl2N4O2. The van der Waals surface area contributed by atoms with Gasteiger partial charge in [-0.1, -0.05) is 0 Å². The standard InChI is InChI=1S/C12H22Cl2N4O2/c1-11(2,9(19)15-7-5-13)17-18-12(3,4)10(20)16-8-6-14/h5-8H2,1-4H3,(H,15,19)(H,16,20)/b18-17+. The van der Waals surface area contributed by atoms with Crippen molar-refractivity contribution >= 4 is 35.0 Å². The Balaban J connectivity index is 4.72. The summed E-state index contributed by atoms with van der Waals surface area (Å²) >= 11 is 11.0. The van der Waals surface area contributed by atoms with E-state index in [4.69, 9.17) is 23.2 Å². The van der Waals surface area contributed by atoms with E-state index in [0.29, 0.717) is 24.8 Å². The molecule has 0 aliphatic carbocycles. The lowest BCUT2D eigenvalue weighted by Crippen LogP contribution is -2.44. The molecule has 0 atom stereocenters. The Morgan fingerprint density at radius 1 is 0.850 bits per heavy atom. The number of amides is 2. The van der Waals surface area contributed by atoms with Crippen LogP contribution in [0.5, 0.6) is 0 Å². The van der Waals surface area contributed by atoms with E-state index in [2.05, 4.69) is 20.9 Å². The first kappa shape index (κ1) is 19.1. The Morgan fingerprint density at radius 2 is 1.15 bits per heavy atom. The Bertz CT molecular complexity index is 336. The first-order chi connectivity index (χ1) is 9.17. The molecule has 0 aromatic heterocycles. The number of carbonyl (C=O) groups is 2. The molecule has 0 saturated carbocycles. The van der Waals surface area contributed by atoms with Gasteiger partial charge in [0, 0.05) is 24.8 Å². The van der Waals surface area contributed by atoms with Crippen molar-refractivity contribution in [2.75, 3.05) is 24.8 Å². The largest absolute Gasteiger partial charge is 0.353 e. The summed E-state index contributed by atoms with van der Waals surface area (Å²) in [7, 11) is 0. The maximum atomic E-state index is 11.8. The van der Waals surface area contributed by atoms with Crippen LogP contribution in [0.1, 0.15) is 27.7 Å². The van der Waals surface area contributed by atoms with Crippen LogP contribution < -0.4 is 10.6 Å². The van der Waals surface area contributed by atoms with Gasteiger partial charge >= 0.3 is 0 Å². The molecule has 0 radical (unpaired) electrons. The summed E-state index contributed by atoms with van der Waals surface area (Å²) in [5.41, 5.74) is -2.12. The first-order valence-corrected chi connectivity index (χ1v) is 7.37. The summed E-state index contributed by atoms with van der Waals surface area (Å²) in [5, 5.41) is 13.2. The van der Waals surface area contributed by atoms with Crippen molar-refractivity contribution in [1.29, 1.82) is 0 Å². The van der Waals surface area contributed by atoms with Crippen LogP contribution in [0.25, 0.3) is 0 Å². The highest BCUT2D eigenvalue weighted by atomic mass is 35.5. The number of nitrogens with one attached hydrogen (secondary N) is 2. The van der Waals surface area contributed by atoms with Crippen LogP contribution in [0.15, 0.2) is 10.2 Å². The maximum Gasteiger partial charge on any atom is 0.249 e. The Hall–Kier alpha value is -0.880. The molecule has 0 aliphatic rings. The quantitative estimate of drug-likeness (QED) is 0.526. The number of hydrogen-bond donors (Lipinski definition) is 2.